The molecule has 3 heterocycles. The van der Waals surface area contributed by atoms with Gasteiger partial charge in [0.2, 0.25) is 5.88 Å². The first-order chi connectivity index (χ1) is 16.1. The molecule has 1 unspecified atom stereocenters. The average molecular weight is 465 g/mol. The summed E-state index contributed by atoms with van der Waals surface area (Å²) in [4.78, 5) is 17.8. The van der Waals surface area contributed by atoms with Crippen LogP contribution in [0.3, 0.4) is 0 Å². The van der Waals surface area contributed by atoms with Crippen LogP contribution in [0.1, 0.15) is 38.8 Å². The van der Waals surface area contributed by atoms with Crippen molar-refractivity contribution < 1.29 is 23.9 Å². The lowest BCUT2D eigenvalue weighted by Gasteiger charge is -2.33. The molecule has 9 heteroatoms. The van der Waals surface area contributed by atoms with Crippen molar-refractivity contribution in [3.63, 3.8) is 0 Å². The van der Waals surface area contributed by atoms with Crippen LogP contribution in [0.15, 0.2) is 36.5 Å². The van der Waals surface area contributed by atoms with Gasteiger partial charge in [-0.05, 0) is 57.5 Å². The average Bonchev–Trinajstić information content (AvgIpc) is 3.04. The fourth-order valence-corrected chi connectivity index (χ4v) is 4.02. The van der Waals surface area contributed by atoms with Gasteiger partial charge in [-0.3, -0.25) is 4.79 Å². The lowest BCUT2D eigenvalue weighted by atomic mass is 9.79. The number of rotatable bonds is 6. The number of piperazine rings is 1. The van der Waals surface area contributed by atoms with Crippen molar-refractivity contribution >= 4 is 36.4 Å². The van der Waals surface area contributed by atoms with E-state index in [0.29, 0.717) is 19.0 Å². The highest BCUT2D eigenvalue weighted by molar-refractivity contribution is 6.62. The topological polar surface area (TPSA) is 93.2 Å². The van der Waals surface area contributed by atoms with E-state index in [-0.39, 0.29) is 0 Å². The number of hydrogen-bond donors (Lipinski definition) is 2. The molecule has 8 nitrogen and oxygen atoms in total. The third-order valence-corrected chi connectivity index (χ3v) is 6.81. The van der Waals surface area contributed by atoms with Crippen LogP contribution in [-0.2, 0) is 14.1 Å². The molecule has 2 aromatic rings. The SMILES string of the molecule is COc1ncc(B2OC(C)(C)C(C)(C)O2)cc1C=Cc1ccc(N2CCNC(C(=O)O)C2)cc1. The van der Waals surface area contributed by atoms with Crippen LogP contribution in [0.25, 0.3) is 12.2 Å². The second-order valence-electron chi connectivity index (χ2n) is 9.67. The van der Waals surface area contributed by atoms with Gasteiger partial charge < -0.3 is 29.4 Å². The summed E-state index contributed by atoms with van der Waals surface area (Å²) in [6.45, 7) is 9.96. The summed E-state index contributed by atoms with van der Waals surface area (Å²) in [7, 11) is 1.10. The molecule has 1 aromatic carbocycles. The van der Waals surface area contributed by atoms with Crippen LogP contribution >= 0.6 is 0 Å². The number of nitrogens with one attached hydrogen (secondary N) is 1. The summed E-state index contributed by atoms with van der Waals surface area (Å²) in [5.41, 5.74) is 2.82. The molecule has 0 spiro atoms. The predicted molar refractivity (Wildman–Crippen MR) is 134 cm³/mol. The number of hydrogen-bond acceptors (Lipinski definition) is 7. The molecular weight excluding hydrogens is 433 g/mol. The van der Waals surface area contributed by atoms with Crippen molar-refractivity contribution in [3.8, 4) is 5.88 Å². The van der Waals surface area contributed by atoms with Crippen LogP contribution in [-0.4, -0.2) is 67.2 Å². The number of pyridine rings is 1. The van der Waals surface area contributed by atoms with E-state index >= 15 is 0 Å². The first-order valence-electron chi connectivity index (χ1n) is 11.5. The molecule has 34 heavy (non-hydrogen) atoms. The van der Waals surface area contributed by atoms with E-state index in [0.717, 1.165) is 28.8 Å². The second kappa shape index (κ2) is 9.41. The van der Waals surface area contributed by atoms with Crippen LogP contribution in [0.2, 0.25) is 0 Å². The maximum atomic E-state index is 11.3. The number of aliphatic carboxylic acids is 1. The van der Waals surface area contributed by atoms with Crippen LogP contribution in [0.5, 0.6) is 5.88 Å². The lowest BCUT2D eigenvalue weighted by molar-refractivity contribution is -0.139. The zero-order chi connectivity index (χ0) is 24.5. The van der Waals surface area contributed by atoms with Gasteiger partial charge in [0.1, 0.15) is 6.04 Å². The van der Waals surface area contributed by atoms with Gasteiger partial charge in [0.05, 0.1) is 18.3 Å². The molecule has 0 saturated carbocycles. The standard InChI is InChI=1S/C25H32BN3O5/c1-24(2)25(3,4)34-26(33-24)19-14-18(22(32-5)28-15-19)9-6-17-7-10-20(11-8-17)29-13-12-27-21(16-29)23(30)31/h6-11,14-15,21,27H,12-13,16H2,1-5H3,(H,30,31). The molecule has 1 atom stereocenters. The van der Waals surface area contributed by atoms with Gasteiger partial charge in [-0.15, -0.1) is 0 Å². The fourth-order valence-electron chi connectivity index (χ4n) is 4.02. The third-order valence-electron chi connectivity index (χ3n) is 6.81. The normalized spacial score (nSPS) is 21.7. The molecule has 0 aliphatic carbocycles. The molecule has 4 rings (SSSR count). The maximum absolute atomic E-state index is 11.3. The summed E-state index contributed by atoms with van der Waals surface area (Å²) in [5.74, 6) is -0.303. The highest BCUT2D eigenvalue weighted by Gasteiger charge is 2.51. The Kier molecular flexibility index (Phi) is 6.71. The number of aromatic nitrogens is 1. The minimum Gasteiger partial charge on any atom is -0.481 e. The molecule has 180 valence electrons. The molecule has 0 bridgehead atoms. The van der Waals surface area contributed by atoms with E-state index in [1.807, 2.05) is 70.2 Å². The Labute approximate surface area is 201 Å². The second-order valence-corrected chi connectivity index (χ2v) is 9.67. The maximum Gasteiger partial charge on any atom is 0.496 e. The molecular formula is C25H32BN3O5. The van der Waals surface area contributed by atoms with Crippen LogP contribution in [0, 0.1) is 0 Å². The zero-order valence-electron chi connectivity index (χ0n) is 20.4. The largest absolute Gasteiger partial charge is 0.496 e. The van der Waals surface area contributed by atoms with Crippen molar-refractivity contribution in [1.29, 1.82) is 0 Å². The Balaban J connectivity index is 1.50. The number of anilines is 1. The summed E-state index contributed by atoms with van der Waals surface area (Å²) < 4.78 is 17.8. The fraction of sp³-hybridized carbons (Fsp3) is 0.440. The monoisotopic (exact) mass is 465 g/mol. The van der Waals surface area contributed by atoms with E-state index in [1.165, 1.54) is 0 Å². The smallest absolute Gasteiger partial charge is 0.481 e. The van der Waals surface area contributed by atoms with Crippen LogP contribution in [0.4, 0.5) is 5.69 Å². The number of methoxy groups -OCH3 is 1. The number of benzene rings is 1. The number of nitrogens with zero attached hydrogens (tertiary/aromatic N) is 2. The summed E-state index contributed by atoms with van der Waals surface area (Å²) in [6.07, 6.45) is 5.68. The minimum absolute atomic E-state index is 0.426. The van der Waals surface area contributed by atoms with E-state index in [9.17, 15) is 9.90 Å². The van der Waals surface area contributed by atoms with Gasteiger partial charge in [-0.2, -0.15) is 0 Å². The zero-order valence-corrected chi connectivity index (χ0v) is 20.4. The van der Waals surface area contributed by atoms with Gasteiger partial charge in [-0.1, -0.05) is 18.2 Å². The highest BCUT2D eigenvalue weighted by atomic mass is 16.7. The third kappa shape index (κ3) is 4.96. The summed E-state index contributed by atoms with van der Waals surface area (Å²) in [6, 6.07) is 9.49. The van der Waals surface area contributed by atoms with E-state index < -0.39 is 30.3 Å². The highest BCUT2D eigenvalue weighted by Crippen LogP contribution is 2.36. The van der Waals surface area contributed by atoms with Gasteiger partial charge in [0.25, 0.3) is 0 Å². The number of ether oxygens (including phenoxy) is 1. The first-order valence-corrected chi connectivity index (χ1v) is 11.5. The Morgan fingerprint density at radius 2 is 1.88 bits per heavy atom. The molecule has 0 radical (unpaired) electrons. The molecule has 2 saturated heterocycles. The Bertz CT molecular complexity index is 1050. The van der Waals surface area contributed by atoms with E-state index in [1.54, 1.807) is 13.3 Å². The van der Waals surface area contributed by atoms with Crippen molar-refractivity contribution in [2.75, 3.05) is 31.6 Å². The predicted octanol–water partition coefficient (Wildman–Crippen LogP) is 2.42. The van der Waals surface area contributed by atoms with Crippen molar-refractivity contribution in [3.05, 3.63) is 47.7 Å². The minimum atomic E-state index is -0.824. The molecule has 2 fully saturated rings. The Hall–Kier alpha value is -2.88. The molecule has 0 amide bonds. The number of carboxylic acid groups (broad SMARTS) is 1. The van der Waals surface area contributed by atoms with Crippen molar-refractivity contribution in [1.82, 2.24) is 10.3 Å². The number of carboxylic acids is 1. The lowest BCUT2D eigenvalue weighted by Crippen LogP contribution is -2.54. The van der Waals surface area contributed by atoms with E-state index in [2.05, 4.69) is 15.2 Å². The first kappa shape index (κ1) is 24.3. The van der Waals surface area contributed by atoms with Gasteiger partial charge in [-0.25, -0.2) is 4.98 Å². The van der Waals surface area contributed by atoms with Gasteiger partial charge in [0, 0.05) is 42.5 Å². The molecule has 2 aliphatic rings. The van der Waals surface area contributed by atoms with Gasteiger partial charge in [0.15, 0.2) is 0 Å². The van der Waals surface area contributed by atoms with E-state index in [4.69, 9.17) is 14.0 Å². The molecule has 1 aromatic heterocycles. The van der Waals surface area contributed by atoms with Crippen molar-refractivity contribution in [2.24, 2.45) is 0 Å². The van der Waals surface area contributed by atoms with Crippen molar-refractivity contribution in [2.45, 2.75) is 44.9 Å². The quantitative estimate of drug-likeness (QED) is 0.629. The van der Waals surface area contributed by atoms with Gasteiger partial charge >= 0.3 is 13.1 Å². The summed E-state index contributed by atoms with van der Waals surface area (Å²) in [5, 5.41) is 12.3. The molecule has 2 aliphatic heterocycles. The Morgan fingerprint density at radius 1 is 1.21 bits per heavy atom. The molecule has 2 N–H and O–H groups in total. The number of carbonyl (C=O) groups is 1. The Morgan fingerprint density at radius 3 is 2.50 bits per heavy atom. The summed E-state index contributed by atoms with van der Waals surface area (Å²) >= 11 is 0. The van der Waals surface area contributed by atoms with Crippen LogP contribution < -0.4 is 20.4 Å².